The zero-order chi connectivity index (χ0) is 14.7. The van der Waals surface area contributed by atoms with Crippen LogP contribution in [0.3, 0.4) is 0 Å². The molecule has 5 nitrogen and oxygen atoms in total. The molecule has 6 heteroatoms. The lowest BCUT2D eigenvalue weighted by Crippen LogP contribution is -2.42. The highest BCUT2D eigenvalue weighted by Gasteiger charge is 2.29. The quantitative estimate of drug-likeness (QED) is 0.849. The van der Waals surface area contributed by atoms with Crippen LogP contribution in [0.25, 0.3) is 0 Å². The van der Waals surface area contributed by atoms with E-state index in [4.69, 9.17) is 16.3 Å². The number of hydrogen-bond acceptors (Lipinski definition) is 4. The van der Waals surface area contributed by atoms with E-state index in [1.165, 1.54) is 25.3 Å². The normalized spacial score (nSPS) is 18.7. The summed E-state index contributed by atoms with van der Waals surface area (Å²) in [6.45, 7) is 0.953. The summed E-state index contributed by atoms with van der Waals surface area (Å²) < 4.78 is 4.73. The second-order valence-corrected chi connectivity index (χ2v) is 5.19. The number of hydrogen-bond donors (Lipinski definition) is 1. The van der Waals surface area contributed by atoms with Crippen LogP contribution in [0.4, 0.5) is 0 Å². The molecule has 1 aliphatic heterocycles. The van der Waals surface area contributed by atoms with Crippen LogP contribution in [0.5, 0.6) is 5.75 Å². The minimum atomic E-state index is -0.286. The second kappa shape index (κ2) is 6.13. The van der Waals surface area contributed by atoms with Gasteiger partial charge in [0.15, 0.2) is 0 Å². The third-order valence-electron chi connectivity index (χ3n) is 3.44. The van der Waals surface area contributed by atoms with Gasteiger partial charge in [-0.15, -0.1) is 0 Å². The molecule has 1 unspecified atom stereocenters. The maximum atomic E-state index is 12.4. The molecular weight excluding hydrogens is 282 g/mol. The van der Waals surface area contributed by atoms with Crippen molar-refractivity contribution >= 4 is 23.5 Å². The smallest absolute Gasteiger partial charge is 0.310 e. The Kier molecular flexibility index (Phi) is 4.49. The number of halogens is 1. The predicted molar refractivity (Wildman–Crippen MR) is 73.8 cm³/mol. The first-order valence-electron chi connectivity index (χ1n) is 6.38. The molecule has 1 N–H and O–H groups in total. The van der Waals surface area contributed by atoms with E-state index in [0.29, 0.717) is 18.7 Å². The predicted octanol–water partition coefficient (Wildman–Crippen LogP) is 2.07. The van der Waals surface area contributed by atoms with Crippen LogP contribution < -0.4 is 0 Å². The number of phenols is 1. The van der Waals surface area contributed by atoms with Gasteiger partial charge in [0, 0.05) is 18.7 Å². The first-order chi connectivity index (χ1) is 9.52. The van der Waals surface area contributed by atoms with Crippen LogP contribution in [0.15, 0.2) is 18.2 Å². The molecule has 0 bridgehead atoms. The minimum absolute atomic E-state index is 0.0608. The van der Waals surface area contributed by atoms with E-state index >= 15 is 0 Å². The van der Waals surface area contributed by atoms with E-state index in [-0.39, 0.29) is 28.6 Å². The molecule has 1 aromatic rings. The lowest BCUT2D eigenvalue weighted by Gasteiger charge is -2.31. The third kappa shape index (κ3) is 3.04. The van der Waals surface area contributed by atoms with Gasteiger partial charge in [-0.1, -0.05) is 11.6 Å². The van der Waals surface area contributed by atoms with Gasteiger partial charge in [0.05, 0.1) is 18.1 Å². The molecule has 1 aromatic carbocycles. The molecule has 2 rings (SSSR count). The molecule has 0 saturated carbocycles. The number of carbonyl (C=O) groups is 2. The Morgan fingerprint density at radius 2 is 2.20 bits per heavy atom. The van der Waals surface area contributed by atoms with Gasteiger partial charge in [0.25, 0.3) is 5.91 Å². The summed E-state index contributed by atoms with van der Waals surface area (Å²) in [7, 11) is 1.35. The summed E-state index contributed by atoms with van der Waals surface area (Å²) in [6.07, 6.45) is 1.49. The number of methoxy groups -OCH3 is 1. The molecule has 0 aliphatic carbocycles. The Labute approximate surface area is 122 Å². The summed E-state index contributed by atoms with van der Waals surface area (Å²) in [5, 5.41) is 9.50. The number of phenolic OH excluding ortho intramolecular Hbond substituents is 1. The molecule has 108 valence electrons. The molecule has 1 saturated heterocycles. The molecule has 1 fully saturated rings. The minimum Gasteiger partial charge on any atom is -0.506 e. The highest BCUT2D eigenvalue weighted by atomic mass is 35.5. The van der Waals surface area contributed by atoms with E-state index in [0.717, 1.165) is 12.8 Å². The van der Waals surface area contributed by atoms with E-state index < -0.39 is 0 Å². The van der Waals surface area contributed by atoms with Crippen molar-refractivity contribution in [2.24, 2.45) is 5.92 Å². The largest absolute Gasteiger partial charge is 0.506 e. The zero-order valence-electron chi connectivity index (χ0n) is 11.1. The second-order valence-electron chi connectivity index (χ2n) is 4.78. The lowest BCUT2D eigenvalue weighted by atomic mass is 9.97. The van der Waals surface area contributed by atoms with Crippen molar-refractivity contribution in [2.75, 3.05) is 20.2 Å². The number of esters is 1. The average molecular weight is 298 g/mol. The van der Waals surface area contributed by atoms with Crippen molar-refractivity contribution in [1.82, 2.24) is 4.90 Å². The number of likely N-dealkylation sites (tertiary alicyclic amines) is 1. The highest BCUT2D eigenvalue weighted by molar-refractivity contribution is 6.32. The summed E-state index contributed by atoms with van der Waals surface area (Å²) >= 11 is 5.80. The molecule has 1 amide bonds. The number of carbonyl (C=O) groups excluding carboxylic acids is 2. The van der Waals surface area contributed by atoms with Crippen LogP contribution in [0.1, 0.15) is 23.2 Å². The van der Waals surface area contributed by atoms with Crippen molar-refractivity contribution in [3.8, 4) is 5.75 Å². The van der Waals surface area contributed by atoms with E-state index in [2.05, 4.69) is 0 Å². The number of amides is 1. The molecular formula is C14H16ClNO4. The van der Waals surface area contributed by atoms with Crippen molar-refractivity contribution in [1.29, 1.82) is 0 Å². The highest BCUT2D eigenvalue weighted by Crippen LogP contribution is 2.25. The average Bonchev–Trinajstić information content (AvgIpc) is 2.48. The fraction of sp³-hybridized carbons (Fsp3) is 0.429. The zero-order valence-corrected chi connectivity index (χ0v) is 11.9. The third-order valence-corrected chi connectivity index (χ3v) is 3.74. The van der Waals surface area contributed by atoms with Crippen LogP contribution in [-0.2, 0) is 9.53 Å². The van der Waals surface area contributed by atoms with Gasteiger partial charge in [-0.05, 0) is 31.0 Å². The van der Waals surface area contributed by atoms with Gasteiger partial charge < -0.3 is 14.7 Å². The Hall–Kier alpha value is -1.75. The first kappa shape index (κ1) is 14.7. The van der Waals surface area contributed by atoms with Gasteiger partial charge in [-0.2, -0.15) is 0 Å². The number of nitrogens with zero attached hydrogens (tertiary/aromatic N) is 1. The Balaban J connectivity index is 2.12. The number of ether oxygens (including phenoxy) is 1. The molecule has 1 aliphatic rings. The van der Waals surface area contributed by atoms with Gasteiger partial charge in [0.2, 0.25) is 0 Å². The standard InChI is InChI=1S/C14H16ClNO4/c1-20-14(19)10-3-2-6-16(8-10)13(18)9-4-5-12(17)11(15)7-9/h4-5,7,10,17H,2-3,6,8H2,1H3. The van der Waals surface area contributed by atoms with Gasteiger partial charge >= 0.3 is 5.97 Å². The summed E-state index contributed by atoms with van der Waals surface area (Å²) in [4.78, 5) is 25.5. The molecule has 0 aromatic heterocycles. The van der Waals surface area contributed by atoms with Gasteiger partial charge in [-0.3, -0.25) is 9.59 Å². The summed E-state index contributed by atoms with van der Waals surface area (Å²) in [6, 6.07) is 4.34. The summed E-state index contributed by atoms with van der Waals surface area (Å²) in [5.74, 6) is -0.814. The SMILES string of the molecule is COC(=O)C1CCCN(C(=O)c2ccc(O)c(Cl)c2)C1. The van der Waals surface area contributed by atoms with Gasteiger partial charge in [0.1, 0.15) is 5.75 Å². The van der Waals surface area contributed by atoms with Crippen LogP contribution >= 0.6 is 11.6 Å². The number of benzene rings is 1. The fourth-order valence-corrected chi connectivity index (χ4v) is 2.52. The van der Waals surface area contributed by atoms with Crippen molar-refractivity contribution in [2.45, 2.75) is 12.8 Å². The Morgan fingerprint density at radius 3 is 2.85 bits per heavy atom. The van der Waals surface area contributed by atoms with Crippen molar-refractivity contribution in [3.05, 3.63) is 28.8 Å². The van der Waals surface area contributed by atoms with Crippen LogP contribution in [0.2, 0.25) is 5.02 Å². The molecule has 1 heterocycles. The molecule has 0 radical (unpaired) electrons. The maximum absolute atomic E-state index is 12.4. The maximum Gasteiger partial charge on any atom is 0.310 e. The van der Waals surface area contributed by atoms with Crippen LogP contribution in [-0.4, -0.2) is 42.1 Å². The molecule has 1 atom stereocenters. The topological polar surface area (TPSA) is 66.8 Å². The van der Waals surface area contributed by atoms with E-state index in [9.17, 15) is 14.7 Å². The number of piperidine rings is 1. The number of aromatic hydroxyl groups is 1. The molecule has 0 spiro atoms. The fourth-order valence-electron chi connectivity index (χ4n) is 2.34. The lowest BCUT2D eigenvalue weighted by molar-refractivity contribution is -0.146. The Bertz CT molecular complexity index is 532. The van der Waals surface area contributed by atoms with Crippen molar-refractivity contribution in [3.63, 3.8) is 0 Å². The Morgan fingerprint density at radius 1 is 1.45 bits per heavy atom. The van der Waals surface area contributed by atoms with Gasteiger partial charge in [-0.25, -0.2) is 0 Å². The molecule has 20 heavy (non-hydrogen) atoms. The summed E-state index contributed by atoms with van der Waals surface area (Å²) in [5.41, 5.74) is 0.401. The first-order valence-corrected chi connectivity index (χ1v) is 6.76. The van der Waals surface area contributed by atoms with E-state index in [1.807, 2.05) is 0 Å². The van der Waals surface area contributed by atoms with Crippen LogP contribution in [0, 0.1) is 5.92 Å². The van der Waals surface area contributed by atoms with E-state index in [1.54, 1.807) is 4.90 Å². The monoisotopic (exact) mass is 297 g/mol. The number of rotatable bonds is 2. The van der Waals surface area contributed by atoms with Crippen molar-refractivity contribution < 1.29 is 19.4 Å².